The average Bonchev–Trinajstić information content (AvgIpc) is 3.06. The topological polar surface area (TPSA) is 32.3 Å². The van der Waals surface area contributed by atoms with E-state index < -0.39 is 0 Å². The lowest BCUT2D eigenvalue weighted by Crippen LogP contribution is -2.47. The van der Waals surface area contributed by atoms with Crippen LogP contribution in [0, 0.1) is 5.82 Å². The number of anilines is 2. The van der Waals surface area contributed by atoms with Gasteiger partial charge < -0.3 is 9.80 Å². The van der Waals surface area contributed by atoms with E-state index in [4.69, 9.17) is 0 Å². The molecule has 124 valence electrons. The van der Waals surface area contributed by atoms with Gasteiger partial charge in [0.25, 0.3) is 0 Å². The zero-order valence-corrected chi connectivity index (χ0v) is 14.4. The largest absolute Gasteiger partial charge is 0.366 e. The summed E-state index contributed by atoms with van der Waals surface area (Å²) >= 11 is 1.74. The monoisotopic (exact) mass is 342 g/mol. The van der Waals surface area contributed by atoms with Gasteiger partial charge in [0.1, 0.15) is 22.8 Å². The summed E-state index contributed by atoms with van der Waals surface area (Å²) < 4.78 is 14.0. The van der Waals surface area contributed by atoms with E-state index in [1.807, 2.05) is 12.1 Å². The smallest absolute Gasteiger partial charge is 0.146 e. The van der Waals surface area contributed by atoms with Crippen molar-refractivity contribution in [1.29, 1.82) is 0 Å². The van der Waals surface area contributed by atoms with Gasteiger partial charge in [0.2, 0.25) is 0 Å². The van der Waals surface area contributed by atoms with Crippen LogP contribution in [0.3, 0.4) is 0 Å². The van der Waals surface area contributed by atoms with Gasteiger partial charge >= 0.3 is 0 Å². The number of aromatic nitrogens is 2. The Morgan fingerprint density at radius 2 is 1.83 bits per heavy atom. The molecule has 0 bridgehead atoms. The zero-order chi connectivity index (χ0) is 16.5. The van der Waals surface area contributed by atoms with Crippen LogP contribution < -0.4 is 9.80 Å². The first kappa shape index (κ1) is 15.3. The van der Waals surface area contributed by atoms with Crippen molar-refractivity contribution in [3.8, 4) is 0 Å². The van der Waals surface area contributed by atoms with Crippen LogP contribution >= 0.6 is 11.3 Å². The van der Waals surface area contributed by atoms with Crippen LogP contribution in [0.1, 0.15) is 11.8 Å². The molecule has 1 fully saturated rings. The molecule has 2 aromatic heterocycles. The van der Waals surface area contributed by atoms with Crippen molar-refractivity contribution in [2.75, 3.05) is 36.0 Å². The Hall–Kier alpha value is -2.21. The van der Waals surface area contributed by atoms with Gasteiger partial charge in [0.15, 0.2) is 0 Å². The fourth-order valence-electron chi connectivity index (χ4n) is 3.19. The number of hydrogen-bond donors (Lipinski definition) is 0. The molecular formula is C18H19FN4S. The molecule has 0 spiro atoms. The Balaban J connectivity index is 1.56. The van der Waals surface area contributed by atoms with Crippen LogP contribution in [0.5, 0.6) is 0 Å². The molecule has 1 aromatic carbocycles. The Morgan fingerprint density at radius 3 is 2.58 bits per heavy atom. The van der Waals surface area contributed by atoms with Gasteiger partial charge in [-0.25, -0.2) is 14.4 Å². The van der Waals surface area contributed by atoms with E-state index in [9.17, 15) is 4.39 Å². The minimum Gasteiger partial charge on any atom is -0.366 e. The van der Waals surface area contributed by atoms with Gasteiger partial charge in [-0.3, -0.25) is 0 Å². The van der Waals surface area contributed by atoms with Crippen molar-refractivity contribution in [2.45, 2.75) is 13.3 Å². The summed E-state index contributed by atoms with van der Waals surface area (Å²) in [6, 6.07) is 9.19. The lowest BCUT2D eigenvalue weighted by atomic mass is 10.2. The van der Waals surface area contributed by atoms with Crippen LogP contribution in [0.4, 0.5) is 15.9 Å². The molecule has 0 aliphatic carbocycles. The number of aryl methyl sites for hydroxylation is 1. The van der Waals surface area contributed by atoms with E-state index in [0.29, 0.717) is 5.69 Å². The van der Waals surface area contributed by atoms with Gasteiger partial charge in [-0.15, -0.1) is 11.3 Å². The van der Waals surface area contributed by atoms with Gasteiger partial charge in [-0.05, 0) is 24.6 Å². The molecule has 0 radical (unpaired) electrons. The molecular weight excluding hydrogens is 323 g/mol. The maximum Gasteiger partial charge on any atom is 0.146 e. The van der Waals surface area contributed by atoms with Crippen molar-refractivity contribution >= 4 is 33.1 Å². The van der Waals surface area contributed by atoms with Crippen molar-refractivity contribution in [3.05, 3.63) is 47.4 Å². The van der Waals surface area contributed by atoms with Crippen molar-refractivity contribution < 1.29 is 4.39 Å². The minimum atomic E-state index is -0.152. The molecule has 0 N–H and O–H groups in total. The summed E-state index contributed by atoms with van der Waals surface area (Å²) in [6.07, 6.45) is 2.67. The van der Waals surface area contributed by atoms with Crippen molar-refractivity contribution in [2.24, 2.45) is 0 Å². The predicted octanol–water partition coefficient (Wildman–Crippen LogP) is 3.72. The van der Waals surface area contributed by atoms with Gasteiger partial charge in [-0.1, -0.05) is 19.1 Å². The molecule has 1 aliphatic heterocycles. The molecule has 3 aromatic rings. The highest BCUT2D eigenvalue weighted by atomic mass is 32.1. The van der Waals surface area contributed by atoms with Gasteiger partial charge in [0.05, 0.1) is 11.1 Å². The van der Waals surface area contributed by atoms with Crippen molar-refractivity contribution in [3.63, 3.8) is 0 Å². The molecule has 1 saturated heterocycles. The third-order valence-electron chi connectivity index (χ3n) is 4.48. The van der Waals surface area contributed by atoms with E-state index in [2.05, 4.69) is 32.8 Å². The highest BCUT2D eigenvalue weighted by molar-refractivity contribution is 7.18. The number of benzene rings is 1. The Morgan fingerprint density at radius 1 is 1.08 bits per heavy atom. The first-order valence-corrected chi connectivity index (χ1v) is 9.05. The van der Waals surface area contributed by atoms with E-state index >= 15 is 0 Å². The summed E-state index contributed by atoms with van der Waals surface area (Å²) in [5.41, 5.74) is 0.689. The number of piperazine rings is 1. The molecule has 4 rings (SSSR count). The number of halogens is 1. The van der Waals surface area contributed by atoms with Crippen LogP contribution in [0.2, 0.25) is 0 Å². The highest BCUT2D eigenvalue weighted by Crippen LogP contribution is 2.31. The second-order valence-electron chi connectivity index (χ2n) is 5.91. The second-order valence-corrected chi connectivity index (χ2v) is 7.02. The summed E-state index contributed by atoms with van der Waals surface area (Å²) in [7, 11) is 0. The number of hydrogen-bond acceptors (Lipinski definition) is 5. The molecule has 24 heavy (non-hydrogen) atoms. The van der Waals surface area contributed by atoms with Gasteiger partial charge in [0, 0.05) is 31.1 Å². The second kappa shape index (κ2) is 6.36. The quantitative estimate of drug-likeness (QED) is 0.726. The van der Waals surface area contributed by atoms with E-state index in [-0.39, 0.29) is 5.82 Å². The maximum absolute atomic E-state index is 14.0. The zero-order valence-electron chi connectivity index (χ0n) is 13.6. The number of thiophene rings is 1. The standard InChI is InChI=1S/C18H19FN4S/c1-2-13-11-14-17(20-12-21-18(14)24-13)23-9-7-22(8-10-23)16-6-4-3-5-15(16)19/h3-6,11-12H,2,7-10H2,1H3. The van der Waals surface area contributed by atoms with E-state index in [0.717, 1.165) is 48.6 Å². The lowest BCUT2D eigenvalue weighted by Gasteiger charge is -2.37. The number of nitrogens with zero attached hydrogens (tertiary/aromatic N) is 4. The lowest BCUT2D eigenvalue weighted by molar-refractivity contribution is 0.596. The molecule has 4 nitrogen and oxygen atoms in total. The maximum atomic E-state index is 14.0. The number of para-hydroxylation sites is 1. The first-order chi connectivity index (χ1) is 11.8. The summed E-state index contributed by atoms with van der Waals surface area (Å²) in [4.78, 5) is 15.7. The predicted molar refractivity (Wildman–Crippen MR) is 97.6 cm³/mol. The normalized spacial score (nSPS) is 15.2. The molecule has 0 amide bonds. The highest BCUT2D eigenvalue weighted by Gasteiger charge is 2.22. The fourth-order valence-corrected chi connectivity index (χ4v) is 4.12. The fraction of sp³-hybridized carbons (Fsp3) is 0.333. The third-order valence-corrected chi connectivity index (χ3v) is 5.67. The molecule has 0 saturated carbocycles. The number of fused-ring (bicyclic) bond motifs is 1. The summed E-state index contributed by atoms with van der Waals surface area (Å²) in [6.45, 7) is 5.40. The molecule has 3 heterocycles. The third kappa shape index (κ3) is 2.71. The SMILES string of the molecule is CCc1cc2c(N3CCN(c4ccccc4F)CC3)ncnc2s1. The van der Waals surface area contributed by atoms with Crippen LogP contribution in [-0.2, 0) is 6.42 Å². The Kier molecular flexibility index (Phi) is 4.06. The first-order valence-electron chi connectivity index (χ1n) is 8.24. The van der Waals surface area contributed by atoms with Crippen LogP contribution in [-0.4, -0.2) is 36.1 Å². The average molecular weight is 342 g/mol. The molecule has 6 heteroatoms. The van der Waals surface area contributed by atoms with E-state index in [1.54, 1.807) is 23.7 Å². The summed E-state index contributed by atoms with van der Waals surface area (Å²) in [5.74, 6) is 0.852. The molecule has 0 atom stereocenters. The number of rotatable bonds is 3. The van der Waals surface area contributed by atoms with Crippen molar-refractivity contribution in [1.82, 2.24) is 9.97 Å². The van der Waals surface area contributed by atoms with E-state index in [1.165, 1.54) is 10.9 Å². The Labute approximate surface area is 144 Å². The Bertz CT molecular complexity index is 855. The van der Waals surface area contributed by atoms with Gasteiger partial charge in [-0.2, -0.15) is 0 Å². The van der Waals surface area contributed by atoms with Crippen LogP contribution in [0.25, 0.3) is 10.2 Å². The summed E-state index contributed by atoms with van der Waals surface area (Å²) in [5, 5.41) is 1.14. The van der Waals surface area contributed by atoms with Crippen LogP contribution in [0.15, 0.2) is 36.7 Å². The molecule has 1 aliphatic rings. The molecule has 0 unspecified atom stereocenters. The minimum absolute atomic E-state index is 0.152.